The van der Waals surface area contributed by atoms with Crippen LogP contribution in [0.2, 0.25) is 5.02 Å². The Morgan fingerprint density at radius 2 is 2.25 bits per heavy atom. The molecule has 16 heavy (non-hydrogen) atoms. The third kappa shape index (κ3) is 2.82. The van der Waals surface area contributed by atoms with Crippen molar-refractivity contribution in [2.24, 2.45) is 0 Å². The van der Waals surface area contributed by atoms with Crippen molar-refractivity contribution in [3.8, 4) is 0 Å². The zero-order valence-corrected chi connectivity index (χ0v) is 10.6. The van der Waals surface area contributed by atoms with Crippen LogP contribution in [-0.2, 0) is 6.54 Å². The van der Waals surface area contributed by atoms with Crippen molar-refractivity contribution in [1.82, 2.24) is 10.3 Å². The molecular weight excluding hydrogens is 240 g/mol. The maximum absolute atomic E-state index is 6.08. The molecule has 0 aliphatic heterocycles. The van der Waals surface area contributed by atoms with E-state index < -0.39 is 0 Å². The van der Waals surface area contributed by atoms with Gasteiger partial charge in [0.05, 0.1) is 11.2 Å². The number of rotatable bonds is 4. The summed E-state index contributed by atoms with van der Waals surface area (Å²) in [6.45, 7) is 2.87. The Morgan fingerprint density at radius 1 is 1.44 bits per heavy atom. The fraction of sp³-hybridized carbons (Fsp3) is 0.250. The molecule has 1 aromatic heterocycles. The average Bonchev–Trinajstić information content (AvgIpc) is 2.81. The Bertz CT molecular complexity index is 442. The molecule has 1 atom stereocenters. The number of nitrogens with zero attached hydrogens (tertiary/aromatic N) is 1. The van der Waals surface area contributed by atoms with Crippen LogP contribution in [0, 0.1) is 0 Å². The highest BCUT2D eigenvalue weighted by molar-refractivity contribution is 7.07. The zero-order chi connectivity index (χ0) is 11.4. The Balaban J connectivity index is 1.95. The van der Waals surface area contributed by atoms with Gasteiger partial charge in [-0.3, -0.25) is 0 Å². The molecule has 1 aromatic carbocycles. The number of nitrogens with one attached hydrogen (secondary N) is 1. The maximum Gasteiger partial charge on any atom is 0.0795 e. The van der Waals surface area contributed by atoms with Gasteiger partial charge in [-0.2, -0.15) is 0 Å². The van der Waals surface area contributed by atoms with Crippen molar-refractivity contribution >= 4 is 22.9 Å². The number of hydrogen-bond acceptors (Lipinski definition) is 3. The molecule has 0 saturated heterocycles. The molecule has 0 aliphatic carbocycles. The number of thiazole rings is 1. The smallest absolute Gasteiger partial charge is 0.0795 e. The topological polar surface area (TPSA) is 24.9 Å². The Hall–Kier alpha value is -0.900. The van der Waals surface area contributed by atoms with Crippen LogP contribution < -0.4 is 5.32 Å². The van der Waals surface area contributed by atoms with Crippen LogP contribution in [0.5, 0.6) is 0 Å². The van der Waals surface area contributed by atoms with Crippen molar-refractivity contribution in [3.05, 3.63) is 51.4 Å². The van der Waals surface area contributed by atoms with E-state index in [2.05, 4.69) is 22.6 Å². The number of aromatic nitrogens is 1. The summed E-state index contributed by atoms with van der Waals surface area (Å²) in [7, 11) is 0. The van der Waals surface area contributed by atoms with Crippen molar-refractivity contribution < 1.29 is 0 Å². The van der Waals surface area contributed by atoms with Gasteiger partial charge in [-0.25, -0.2) is 4.98 Å². The predicted molar refractivity (Wildman–Crippen MR) is 68.8 cm³/mol. The highest BCUT2D eigenvalue weighted by Crippen LogP contribution is 2.17. The number of hydrogen-bond donors (Lipinski definition) is 1. The lowest BCUT2D eigenvalue weighted by atomic mass is 10.2. The Labute approximate surface area is 104 Å². The third-order valence-electron chi connectivity index (χ3n) is 2.45. The lowest BCUT2D eigenvalue weighted by molar-refractivity contribution is 0.564. The molecule has 2 nitrogen and oxygen atoms in total. The van der Waals surface area contributed by atoms with Crippen LogP contribution in [0.4, 0.5) is 0 Å². The summed E-state index contributed by atoms with van der Waals surface area (Å²) in [4.78, 5) is 4.27. The van der Waals surface area contributed by atoms with E-state index in [1.54, 1.807) is 11.3 Å². The van der Waals surface area contributed by atoms with Crippen LogP contribution in [-0.4, -0.2) is 4.98 Å². The van der Waals surface area contributed by atoms with E-state index in [4.69, 9.17) is 11.6 Å². The molecule has 0 aliphatic rings. The molecule has 84 valence electrons. The predicted octanol–water partition coefficient (Wildman–Crippen LogP) is 3.65. The van der Waals surface area contributed by atoms with Crippen LogP contribution in [0.3, 0.4) is 0 Å². The van der Waals surface area contributed by atoms with E-state index in [1.807, 2.05) is 29.8 Å². The van der Waals surface area contributed by atoms with Gasteiger partial charge in [-0.1, -0.05) is 29.8 Å². The van der Waals surface area contributed by atoms with Gasteiger partial charge in [0.15, 0.2) is 0 Å². The lowest BCUT2D eigenvalue weighted by Crippen LogP contribution is -2.18. The molecule has 1 unspecified atom stereocenters. The van der Waals surface area contributed by atoms with E-state index in [1.165, 1.54) is 0 Å². The molecule has 0 bridgehead atoms. The number of benzene rings is 1. The molecule has 0 saturated carbocycles. The summed E-state index contributed by atoms with van der Waals surface area (Å²) in [6.07, 6.45) is 0. The second-order valence-corrected chi connectivity index (χ2v) is 4.73. The van der Waals surface area contributed by atoms with Gasteiger partial charge >= 0.3 is 0 Å². The summed E-state index contributed by atoms with van der Waals surface area (Å²) < 4.78 is 0. The average molecular weight is 253 g/mol. The standard InChI is InChI=1S/C12H13ClN2S/c1-9(12-7-16-8-15-12)14-6-10-4-2-3-5-11(10)13/h2-5,7-9,14H,6H2,1H3. The highest BCUT2D eigenvalue weighted by Gasteiger charge is 2.07. The zero-order valence-electron chi connectivity index (χ0n) is 8.98. The van der Waals surface area contributed by atoms with Gasteiger partial charge < -0.3 is 5.32 Å². The minimum atomic E-state index is 0.252. The van der Waals surface area contributed by atoms with Crippen molar-refractivity contribution in [2.45, 2.75) is 19.5 Å². The second kappa shape index (κ2) is 5.43. The minimum Gasteiger partial charge on any atom is -0.305 e. The monoisotopic (exact) mass is 252 g/mol. The SMILES string of the molecule is CC(NCc1ccccc1Cl)c1cscn1. The second-order valence-electron chi connectivity index (χ2n) is 3.61. The van der Waals surface area contributed by atoms with Gasteiger partial charge in [-0.05, 0) is 18.6 Å². The van der Waals surface area contributed by atoms with Gasteiger partial charge in [0.2, 0.25) is 0 Å². The van der Waals surface area contributed by atoms with Gasteiger partial charge in [0.25, 0.3) is 0 Å². The van der Waals surface area contributed by atoms with Crippen molar-refractivity contribution in [3.63, 3.8) is 0 Å². The summed E-state index contributed by atoms with van der Waals surface area (Å²) in [5.74, 6) is 0. The molecular formula is C12H13ClN2S. The fourth-order valence-electron chi connectivity index (χ4n) is 1.45. The van der Waals surface area contributed by atoms with Gasteiger partial charge in [-0.15, -0.1) is 11.3 Å². The first-order valence-electron chi connectivity index (χ1n) is 5.12. The quantitative estimate of drug-likeness (QED) is 0.899. The van der Waals surface area contributed by atoms with E-state index in [0.29, 0.717) is 0 Å². The molecule has 0 radical (unpaired) electrons. The first-order chi connectivity index (χ1) is 7.77. The Kier molecular flexibility index (Phi) is 3.93. The van der Waals surface area contributed by atoms with E-state index in [-0.39, 0.29) is 6.04 Å². The first-order valence-corrected chi connectivity index (χ1v) is 6.44. The summed E-state index contributed by atoms with van der Waals surface area (Å²) in [5, 5.41) is 6.27. The molecule has 4 heteroatoms. The lowest BCUT2D eigenvalue weighted by Gasteiger charge is -2.12. The summed E-state index contributed by atoms with van der Waals surface area (Å²) in [6, 6.07) is 8.13. The molecule has 1 N–H and O–H groups in total. The summed E-state index contributed by atoms with van der Waals surface area (Å²) >= 11 is 7.69. The molecule has 0 fully saturated rings. The number of halogens is 1. The van der Waals surface area contributed by atoms with E-state index in [0.717, 1.165) is 22.8 Å². The third-order valence-corrected chi connectivity index (χ3v) is 3.43. The minimum absolute atomic E-state index is 0.252. The molecule has 0 amide bonds. The molecule has 2 aromatic rings. The van der Waals surface area contributed by atoms with Crippen LogP contribution in [0.15, 0.2) is 35.2 Å². The molecule has 2 rings (SSSR count). The van der Waals surface area contributed by atoms with Crippen LogP contribution >= 0.6 is 22.9 Å². The maximum atomic E-state index is 6.08. The van der Waals surface area contributed by atoms with Crippen LogP contribution in [0.25, 0.3) is 0 Å². The van der Waals surface area contributed by atoms with E-state index in [9.17, 15) is 0 Å². The van der Waals surface area contributed by atoms with Crippen molar-refractivity contribution in [1.29, 1.82) is 0 Å². The van der Waals surface area contributed by atoms with Crippen molar-refractivity contribution in [2.75, 3.05) is 0 Å². The van der Waals surface area contributed by atoms with Crippen LogP contribution in [0.1, 0.15) is 24.2 Å². The summed E-state index contributed by atoms with van der Waals surface area (Å²) in [5.41, 5.74) is 4.05. The first kappa shape index (κ1) is 11.6. The van der Waals surface area contributed by atoms with E-state index >= 15 is 0 Å². The fourth-order valence-corrected chi connectivity index (χ4v) is 2.30. The molecule has 1 heterocycles. The highest BCUT2D eigenvalue weighted by atomic mass is 35.5. The van der Waals surface area contributed by atoms with Gasteiger partial charge in [0, 0.05) is 23.0 Å². The molecule has 0 spiro atoms. The van der Waals surface area contributed by atoms with Gasteiger partial charge in [0.1, 0.15) is 0 Å². The Morgan fingerprint density at radius 3 is 2.94 bits per heavy atom. The largest absolute Gasteiger partial charge is 0.305 e. The normalized spacial score (nSPS) is 12.6.